The molecular weight excluding hydrogens is 318 g/mol. The second-order valence-electron chi connectivity index (χ2n) is 6.79. The van der Waals surface area contributed by atoms with Crippen LogP contribution >= 0.6 is 0 Å². The van der Waals surface area contributed by atoms with Crippen molar-refractivity contribution in [2.45, 2.75) is 32.0 Å². The molecule has 1 fully saturated rings. The van der Waals surface area contributed by atoms with Crippen molar-refractivity contribution in [1.82, 2.24) is 4.90 Å². The van der Waals surface area contributed by atoms with Gasteiger partial charge in [0.1, 0.15) is 30.3 Å². The van der Waals surface area contributed by atoms with Crippen LogP contribution in [0.3, 0.4) is 0 Å². The average Bonchev–Trinajstić information content (AvgIpc) is 3.15. The summed E-state index contributed by atoms with van der Waals surface area (Å²) in [6.07, 6.45) is 1.04. The number of hydrogen-bond donors (Lipinski definition) is 1. The van der Waals surface area contributed by atoms with Gasteiger partial charge in [0.05, 0.1) is 12.9 Å². The summed E-state index contributed by atoms with van der Waals surface area (Å²) >= 11 is 0. The lowest BCUT2D eigenvalue weighted by Gasteiger charge is -2.33. The molecule has 1 aromatic heterocycles. The highest BCUT2D eigenvalue weighted by Gasteiger charge is 2.25. The van der Waals surface area contributed by atoms with Gasteiger partial charge in [0.25, 0.3) is 0 Å². The molecule has 1 aliphatic heterocycles. The van der Waals surface area contributed by atoms with Gasteiger partial charge in [-0.15, -0.1) is 0 Å². The van der Waals surface area contributed by atoms with Crippen molar-refractivity contribution >= 4 is 0 Å². The first-order chi connectivity index (χ1) is 12.1. The summed E-state index contributed by atoms with van der Waals surface area (Å²) in [5, 5.41) is 10.4. The number of benzene rings is 1. The minimum Gasteiger partial charge on any atom is -0.491 e. The van der Waals surface area contributed by atoms with Crippen LogP contribution in [0.4, 0.5) is 0 Å². The Balaban J connectivity index is 1.50. The smallest absolute Gasteiger partial charge is 0.133 e. The number of nitrogens with zero attached hydrogens (tertiary/aromatic N) is 1. The second-order valence-corrected chi connectivity index (χ2v) is 6.79. The molecule has 2 aromatic rings. The molecule has 5 nitrogen and oxygen atoms in total. The average molecular weight is 345 g/mol. The summed E-state index contributed by atoms with van der Waals surface area (Å²) in [5.41, 5.74) is 1.17. The molecule has 0 saturated carbocycles. The SMILES string of the molecule is CC(C)c1ccccc1OCC(O)CN1CCOC(c2ccco2)C1. The number of aliphatic hydroxyl groups excluding tert-OH is 1. The summed E-state index contributed by atoms with van der Waals surface area (Å²) in [5.74, 6) is 2.08. The van der Waals surface area contributed by atoms with E-state index in [4.69, 9.17) is 13.9 Å². The van der Waals surface area contributed by atoms with Gasteiger partial charge in [0, 0.05) is 19.6 Å². The van der Waals surface area contributed by atoms with Crippen LogP contribution in [0.1, 0.15) is 37.2 Å². The van der Waals surface area contributed by atoms with Gasteiger partial charge in [-0.25, -0.2) is 0 Å². The number of furan rings is 1. The van der Waals surface area contributed by atoms with Crippen molar-refractivity contribution in [3.05, 3.63) is 54.0 Å². The van der Waals surface area contributed by atoms with E-state index in [1.54, 1.807) is 6.26 Å². The summed E-state index contributed by atoms with van der Waals surface area (Å²) in [6, 6.07) is 11.8. The monoisotopic (exact) mass is 345 g/mol. The molecule has 0 radical (unpaired) electrons. The van der Waals surface area contributed by atoms with Crippen molar-refractivity contribution in [1.29, 1.82) is 0 Å². The number of morpholine rings is 1. The lowest BCUT2D eigenvalue weighted by Crippen LogP contribution is -2.43. The highest BCUT2D eigenvalue weighted by molar-refractivity contribution is 5.35. The molecule has 1 aromatic carbocycles. The molecule has 0 aliphatic carbocycles. The molecule has 0 spiro atoms. The number of aliphatic hydroxyl groups is 1. The van der Waals surface area contributed by atoms with E-state index in [9.17, 15) is 5.11 Å². The van der Waals surface area contributed by atoms with E-state index in [-0.39, 0.29) is 12.7 Å². The van der Waals surface area contributed by atoms with Crippen LogP contribution in [0, 0.1) is 0 Å². The van der Waals surface area contributed by atoms with Gasteiger partial charge >= 0.3 is 0 Å². The predicted octanol–water partition coefficient (Wildman–Crippen LogP) is 3.22. The molecule has 1 aliphatic rings. The maximum absolute atomic E-state index is 10.4. The van der Waals surface area contributed by atoms with E-state index in [0.717, 1.165) is 18.1 Å². The number of hydrogen-bond acceptors (Lipinski definition) is 5. The Hall–Kier alpha value is -1.82. The van der Waals surface area contributed by atoms with Crippen molar-refractivity contribution in [2.75, 3.05) is 32.8 Å². The molecule has 5 heteroatoms. The molecule has 3 rings (SSSR count). The first-order valence-corrected chi connectivity index (χ1v) is 8.90. The van der Waals surface area contributed by atoms with Gasteiger partial charge in [-0.3, -0.25) is 4.90 Å². The molecule has 136 valence electrons. The van der Waals surface area contributed by atoms with Gasteiger partial charge < -0.3 is 19.0 Å². The first-order valence-electron chi connectivity index (χ1n) is 8.90. The summed E-state index contributed by atoms with van der Waals surface area (Å²) in [4.78, 5) is 2.19. The Labute approximate surface area is 149 Å². The number of ether oxygens (including phenoxy) is 2. The highest BCUT2D eigenvalue weighted by Crippen LogP contribution is 2.26. The topological polar surface area (TPSA) is 55.1 Å². The van der Waals surface area contributed by atoms with Crippen LogP contribution in [0.25, 0.3) is 0 Å². The molecular formula is C20H27NO4. The molecule has 2 heterocycles. The fourth-order valence-corrected chi connectivity index (χ4v) is 3.14. The quantitative estimate of drug-likeness (QED) is 0.835. The van der Waals surface area contributed by atoms with Crippen molar-refractivity contribution in [3.63, 3.8) is 0 Å². The molecule has 0 bridgehead atoms. The third kappa shape index (κ3) is 4.84. The van der Waals surface area contributed by atoms with E-state index >= 15 is 0 Å². The zero-order chi connectivity index (χ0) is 17.6. The zero-order valence-electron chi connectivity index (χ0n) is 14.9. The van der Waals surface area contributed by atoms with Crippen LogP contribution in [0.15, 0.2) is 47.1 Å². The lowest BCUT2D eigenvalue weighted by molar-refractivity contribution is -0.0541. The second kappa shape index (κ2) is 8.52. The van der Waals surface area contributed by atoms with Gasteiger partial charge in [-0.05, 0) is 29.7 Å². The standard InChI is InChI=1S/C20H27NO4/c1-15(2)17-6-3-4-7-18(17)25-14-16(22)12-21-9-11-24-20(13-21)19-8-5-10-23-19/h3-8,10,15-16,20,22H,9,11-14H2,1-2H3. The molecule has 25 heavy (non-hydrogen) atoms. The van der Waals surface area contributed by atoms with Crippen LogP contribution in [-0.4, -0.2) is 49.0 Å². The molecule has 1 saturated heterocycles. The van der Waals surface area contributed by atoms with Crippen molar-refractivity contribution in [2.24, 2.45) is 0 Å². The first kappa shape index (κ1) is 18.0. The molecule has 1 N–H and O–H groups in total. The predicted molar refractivity (Wildman–Crippen MR) is 95.9 cm³/mol. The Bertz CT molecular complexity index is 641. The third-order valence-corrected chi connectivity index (χ3v) is 4.45. The summed E-state index contributed by atoms with van der Waals surface area (Å²) < 4.78 is 17.1. The van der Waals surface area contributed by atoms with Gasteiger partial charge in [0.2, 0.25) is 0 Å². The summed E-state index contributed by atoms with van der Waals surface area (Å²) in [6.45, 7) is 7.28. The maximum atomic E-state index is 10.4. The van der Waals surface area contributed by atoms with E-state index < -0.39 is 6.10 Å². The van der Waals surface area contributed by atoms with Crippen LogP contribution in [0.5, 0.6) is 5.75 Å². The fraction of sp³-hybridized carbons (Fsp3) is 0.500. The summed E-state index contributed by atoms with van der Waals surface area (Å²) in [7, 11) is 0. The van der Waals surface area contributed by atoms with E-state index in [1.165, 1.54) is 5.56 Å². The van der Waals surface area contributed by atoms with Crippen LogP contribution in [0.2, 0.25) is 0 Å². The Morgan fingerprint density at radius 1 is 1.24 bits per heavy atom. The minimum atomic E-state index is -0.546. The largest absolute Gasteiger partial charge is 0.491 e. The minimum absolute atomic E-state index is 0.0708. The van der Waals surface area contributed by atoms with Gasteiger partial charge in [-0.2, -0.15) is 0 Å². The lowest BCUT2D eigenvalue weighted by atomic mass is 10.0. The third-order valence-electron chi connectivity index (χ3n) is 4.45. The number of β-amino-alcohol motifs (C(OH)–C–C–N with tert-alkyl or cyclic N) is 1. The Morgan fingerprint density at radius 2 is 2.08 bits per heavy atom. The molecule has 2 unspecified atom stereocenters. The number of rotatable bonds is 7. The Kier molecular flexibility index (Phi) is 6.13. The van der Waals surface area contributed by atoms with Crippen molar-refractivity contribution in [3.8, 4) is 5.75 Å². The zero-order valence-corrected chi connectivity index (χ0v) is 14.9. The van der Waals surface area contributed by atoms with Crippen molar-refractivity contribution < 1.29 is 19.0 Å². The normalized spacial score (nSPS) is 19.9. The van der Waals surface area contributed by atoms with Crippen LogP contribution < -0.4 is 4.74 Å². The fourth-order valence-electron chi connectivity index (χ4n) is 3.14. The van der Waals surface area contributed by atoms with Gasteiger partial charge in [-0.1, -0.05) is 32.0 Å². The molecule has 0 amide bonds. The van der Waals surface area contributed by atoms with E-state index in [0.29, 0.717) is 25.6 Å². The van der Waals surface area contributed by atoms with Gasteiger partial charge in [0.15, 0.2) is 0 Å². The van der Waals surface area contributed by atoms with Crippen LogP contribution in [-0.2, 0) is 4.74 Å². The highest BCUT2D eigenvalue weighted by atomic mass is 16.5. The van der Waals surface area contributed by atoms with E-state index in [2.05, 4.69) is 24.8 Å². The molecule has 2 atom stereocenters. The number of para-hydroxylation sites is 1. The van der Waals surface area contributed by atoms with E-state index in [1.807, 2.05) is 30.3 Å². The maximum Gasteiger partial charge on any atom is 0.133 e. The Morgan fingerprint density at radius 3 is 2.84 bits per heavy atom.